The van der Waals surface area contributed by atoms with Gasteiger partial charge in [-0.05, 0) is 42.5 Å². The van der Waals surface area contributed by atoms with Crippen LogP contribution in [0.4, 0.5) is 0 Å². The predicted molar refractivity (Wildman–Crippen MR) is 93.0 cm³/mol. The van der Waals surface area contributed by atoms with Crippen molar-refractivity contribution in [2.75, 3.05) is 0 Å². The lowest BCUT2D eigenvalue weighted by Crippen LogP contribution is -2.01. The van der Waals surface area contributed by atoms with Crippen molar-refractivity contribution in [3.05, 3.63) is 52.7 Å². The molecule has 1 aromatic carbocycles. The third kappa shape index (κ3) is 3.96. The topological polar surface area (TPSA) is 22.1 Å². The van der Waals surface area contributed by atoms with Crippen LogP contribution in [0, 0.1) is 0 Å². The zero-order valence-corrected chi connectivity index (χ0v) is 14.5. The van der Waals surface area contributed by atoms with Gasteiger partial charge in [0, 0.05) is 17.0 Å². The number of nitrogens with zero attached hydrogens (tertiary/aromatic N) is 1. The molecule has 0 amide bonds. The fourth-order valence-corrected chi connectivity index (χ4v) is 3.41. The van der Waals surface area contributed by atoms with E-state index in [4.69, 9.17) is 16.3 Å². The molecule has 0 aliphatic heterocycles. The van der Waals surface area contributed by atoms with E-state index in [1.165, 1.54) is 18.4 Å². The molecule has 1 aliphatic carbocycles. The molecule has 0 spiro atoms. The van der Waals surface area contributed by atoms with Gasteiger partial charge in [-0.15, -0.1) is 11.8 Å². The van der Waals surface area contributed by atoms with Gasteiger partial charge in [0.15, 0.2) is 0 Å². The van der Waals surface area contributed by atoms with Gasteiger partial charge in [-0.3, -0.25) is 0 Å². The van der Waals surface area contributed by atoms with Gasteiger partial charge < -0.3 is 4.74 Å². The number of pyridine rings is 1. The monoisotopic (exact) mass is 333 g/mol. The standard InChI is InChI=1S/C18H20ClNOS/c1-12(2)22-18-15(4-3-9-20-18)11-21-17-8-7-14(10-16(17)19)13-5-6-13/h3-4,7-10,12-13H,5-6,11H2,1-2H3. The summed E-state index contributed by atoms with van der Waals surface area (Å²) in [7, 11) is 0. The molecule has 22 heavy (non-hydrogen) atoms. The molecule has 0 atom stereocenters. The quantitative estimate of drug-likeness (QED) is 0.634. The molecule has 1 aromatic heterocycles. The first-order chi connectivity index (χ1) is 10.6. The Kier molecular flexibility index (Phi) is 4.94. The zero-order valence-electron chi connectivity index (χ0n) is 12.9. The second-order valence-corrected chi connectivity index (χ2v) is 7.86. The number of benzene rings is 1. The Labute approximate surface area is 141 Å². The molecule has 2 aromatic rings. The predicted octanol–water partition coefficient (Wildman–Crippen LogP) is 5.69. The molecule has 116 valence electrons. The van der Waals surface area contributed by atoms with Crippen LogP contribution in [0.25, 0.3) is 0 Å². The van der Waals surface area contributed by atoms with Crippen molar-refractivity contribution in [3.8, 4) is 5.75 Å². The third-order valence-corrected chi connectivity index (χ3v) is 4.94. The number of hydrogen-bond acceptors (Lipinski definition) is 3. The second-order valence-electron chi connectivity index (χ2n) is 5.89. The molecule has 0 saturated heterocycles. The van der Waals surface area contributed by atoms with E-state index < -0.39 is 0 Å². The Balaban J connectivity index is 1.69. The summed E-state index contributed by atoms with van der Waals surface area (Å²) in [4.78, 5) is 4.45. The maximum Gasteiger partial charge on any atom is 0.138 e. The molecule has 1 fully saturated rings. The molecular formula is C18H20ClNOS. The van der Waals surface area contributed by atoms with E-state index in [2.05, 4.69) is 31.0 Å². The minimum Gasteiger partial charge on any atom is -0.487 e. The highest BCUT2D eigenvalue weighted by molar-refractivity contribution is 7.99. The van der Waals surface area contributed by atoms with Gasteiger partial charge in [-0.2, -0.15) is 0 Å². The van der Waals surface area contributed by atoms with Gasteiger partial charge in [-0.25, -0.2) is 4.98 Å². The largest absolute Gasteiger partial charge is 0.487 e. The fourth-order valence-electron chi connectivity index (χ4n) is 2.32. The highest BCUT2D eigenvalue weighted by Crippen LogP contribution is 2.42. The van der Waals surface area contributed by atoms with Gasteiger partial charge in [0.2, 0.25) is 0 Å². The van der Waals surface area contributed by atoms with Crippen LogP contribution in [0.15, 0.2) is 41.6 Å². The van der Waals surface area contributed by atoms with Crippen LogP contribution in [-0.4, -0.2) is 10.2 Å². The Morgan fingerprint density at radius 1 is 1.32 bits per heavy atom. The SMILES string of the molecule is CC(C)Sc1ncccc1COc1ccc(C2CC2)cc1Cl. The van der Waals surface area contributed by atoms with Crippen LogP contribution in [0.1, 0.15) is 43.7 Å². The number of thioether (sulfide) groups is 1. The van der Waals surface area contributed by atoms with Crippen LogP contribution in [-0.2, 0) is 6.61 Å². The normalized spacial score (nSPS) is 14.4. The van der Waals surface area contributed by atoms with Gasteiger partial charge in [-0.1, -0.05) is 37.6 Å². The Hall–Kier alpha value is -1.19. The van der Waals surface area contributed by atoms with Crippen molar-refractivity contribution >= 4 is 23.4 Å². The van der Waals surface area contributed by atoms with Crippen LogP contribution in [0.5, 0.6) is 5.75 Å². The van der Waals surface area contributed by atoms with E-state index >= 15 is 0 Å². The summed E-state index contributed by atoms with van der Waals surface area (Å²) in [5.74, 6) is 1.45. The summed E-state index contributed by atoms with van der Waals surface area (Å²) in [5.41, 5.74) is 2.43. The molecule has 1 aliphatic rings. The van der Waals surface area contributed by atoms with E-state index in [9.17, 15) is 0 Å². The molecule has 0 radical (unpaired) electrons. The molecule has 2 nitrogen and oxygen atoms in total. The lowest BCUT2D eigenvalue weighted by atomic mass is 10.1. The van der Waals surface area contributed by atoms with E-state index in [1.807, 2.05) is 24.4 Å². The maximum atomic E-state index is 6.35. The van der Waals surface area contributed by atoms with Gasteiger partial charge in [0.05, 0.1) is 5.02 Å². The molecule has 3 rings (SSSR count). The first-order valence-corrected chi connectivity index (χ1v) is 8.92. The van der Waals surface area contributed by atoms with Crippen molar-refractivity contribution in [3.63, 3.8) is 0 Å². The first kappa shape index (κ1) is 15.7. The molecule has 1 saturated carbocycles. The second kappa shape index (κ2) is 6.93. The molecule has 0 N–H and O–H groups in total. The lowest BCUT2D eigenvalue weighted by Gasteiger charge is -2.12. The van der Waals surface area contributed by atoms with Crippen molar-refractivity contribution in [2.24, 2.45) is 0 Å². The summed E-state index contributed by atoms with van der Waals surface area (Å²) in [6.45, 7) is 4.82. The highest BCUT2D eigenvalue weighted by Gasteiger charge is 2.24. The van der Waals surface area contributed by atoms with E-state index in [1.54, 1.807) is 11.8 Å². The third-order valence-electron chi connectivity index (χ3n) is 3.59. The fraction of sp³-hybridized carbons (Fsp3) is 0.389. The van der Waals surface area contributed by atoms with Gasteiger partial charge in [0.25, 0.3) is 0 Å². The number of ether oxygens (including phenoxy) is 1. The summed E-state index contributed by atoms with van der Waals surface area (Å²) >= 11 is 8.10. The molecule has 1 heterocycles. The van der Waals surface area contributed by atoms with Crippen LogP contribution in [0.2, 0.25) is 5.02 Å². The summed E-state index contributed by atoms with van der Waals surface area (Å²) in [5, 5.41) is 2.23. The summed E-state index contributed by atoms with van der Waals surface area (Å²) < 4.78 is 5.91. The number of halogens is 1. The summed E-state index contributed by atoms with van der Waals surface area (Å²) in [6, 6.07) is 10.2. The van der Waals surface area contributed by atoms with Crippen molar-refractivity contribution in [1.29, 1.82) is 0 Å². The smallest absolute Gasteiger partial charge is 0.138 e. The van der Waals surface area contributed by atoms with Crippen LogP contribution < -0.4 is 4.74 Å². The van der Waals surface area contributed by atoms with Gasteiger partial charge >= 0.3 is 0 Å². The van der Waals surface area contributed by atoms with Crippen molar-refractivity contribution in [1.82, 2.24) is 4.98 Å². The number of rotatable bonds is 6. The average molecular weight is 334 g/mol. The number of aromatic nitrogens is 1. The Morgan fingerprint density at radius 2 is 2.14 bits per heavy atom. The van der Waals surface area contributed by atoms with Crippen molar-refractivity contribution in [2.45, 2.75) is 49.5 Å². The van der Waals surface area contributed by atoms with E-state index in [0.29, 0.717) is 22.8 Å². The average Bonchev–Trinajstić information content (AvgIpc) is 3.31. The van der Waals surface area contributed by atoms with Crippen molar-refractivity contribution < 1.29 is 4.74 Å². The molecule has 4 heteroatoms. The first-order valence-electron chi connectivity index (χ1n) is 7.66. The van der Waals surface area contributed by atoms with E-state index in [-0.39, 0.29) is 0 Å². The Bertz CT molecular complexity index is 655. The highest BCUT2D eigenvalue weighted by atomic mass is 35.5. The maximum absolute atomic E-state index is 6.35. The zero-order chi connectivity index (χ0) is 15.5. The van der Waals surface area contributed by atoms with Crippen LogP contribution >= 0.6 is 23.4 Å². The Morgan fingerprint density at radius 3 is 2.82 bits per heavy atom. The molecular weight excluding hydrogens is 314 g/mol. The lowest BCUT2D eigenvalue weighted by molar-refractivity contribution is 0.302. The minimum atomic E-state index is 0.491. The molecule has 0 unspecified atom stereocenters. The number of hydrogen-bond donors (Lipinski definition) is 0. The van der Waals surface area contributed by atoms with Crippen LogP contribution in [0.3, 0.4) is 0 Å². The minimum absolute atomic E-state index is 0.491. The van der Waals surface area contributed by atoms with Gasteiger partial charge in [0.1, 0.15) is 17.4 Å². The summed E-state index contributed by atoms with van der Waals surface area (Å²) in [6.07, 6.45) is 4.38. The molecule has 0 bridgehead atoms. The van der Waals surface area contributed by atoms with E-state index in [0.717, 1.165) is 16.3 Å².